The van der Waals surface area contributed by atoms with E-state index in [0.29, 0.717) is 12.1 Å². The van der Waals surface area contributed by atoms with Crippen molar-refractivity contribution in [2.75, 3.05) is 13.2 Å². The lowest BCUT2D eigenvalue weighted by atomic mass is 10.2. The molecule has 0 aliphatic rings. The Morgan fingerprint density at radius 2 is 2.00 bits per heavy atom. The maximum Gasteiger partial charge on any atom is 0.373 e. The molecule has 1 aromatic rings. The minimum atomic E-state index is -0.506. The fourth-order valence-electron chi connectivity index (χ4n) is 0.766. The van der Waals surface area contributed by atoms with Crippen LogP contribution in [0.3, 0.4) is 0 Å². The Kier molecular flexibility index (Phi) is 3.95. The summed E-state index contributed by atoms with van der Waals surface area (Å²) in [4.78, 5) is 20.1. The molecule has 0 aromatic heterocycles. The summed E-state index contributed by atoms with van der Waals surface area (Å²) >= 11 is 0. The minimum Gasteiger partial charge on any atom is -0.328 e. The third-order valence-electron chi connectivity index (χ3n) is 1.35. The zero-order chi connectivity index (χ0) is 9.52. The molecule has 0 spiro atoms. The molecule has 0 amide bonds. The number of hydrogen-bond donors (Lipinski definition) is 1. The van der Waals surface area contributed by atoms with E-state index in [2.05, 4.69) is 9.78 Å². The number of carbonyl (C=O) groups excluding carboxylic acids is 1. The molecule has 1 aromatic carbocycles. The van der Waals surface area contributed by atoms with E-state index in [-0.39, 0.29) is 6.61 Å². The summed E-state index contributed by atoms with van der Waals surface area (Å²) in [5.74, 6) is -0.506. The summed E-state index contributed by atoms with van der Waals surface area (Å²) in [7, 11) is 0. The molecule has 0 atom stereocenters. The van der Waals surface area contributed by atoms with Crippen molar-refractivity contribution >= 4 is 5.97 Å². The van der Waals surface area contributed by atoms with Gasteiger partial charge in [-0.15, -0.1) is 0 Å². The third-order valence-corrected chi connectivity index (χ3v) is 1.35. The van der Waals surface area contributed by atoms with Crippen LogP contribution in [0.2, 0.25) is 0 Å². The highest BCUT2D eigenvalue weighted by Gasteiger charge is 2.05. The Balaban J connectivity index is 2.40. The molecule has 0 aliphatic carbocycles. The molecule has 4 heteroatoms. The van der Waals surface area contributed by atoms with E-state index in [9.17, 15) is 4.79 Å². The van der Waals surface area contributed by atoms with Crippen LogP contribution in [0.25, 0.3) is 0 Å². The van der Waals surface area contributed by atoms with Crippen molar-refractivity contribution in [2.45, 2.75) is 0 Å². The van der Waals surface area contributed by atoms with Crippen molar-refractivity contribution in [3.05, 3.63) is 35.9 Å². The Labute approximate surface area is 76.2 Å². The molecule has 0 bridgehead atoms. The number of carbonyl (C=O) groups is 1. The lowest BCUT2D eigenvalue weighted by Crippen LogP contribution is -2.12. The van der Waals surface area contributed by atoms with E-state index in [1.54, 1.807) is 24.3 Å². The number of benzene rings is 1. The summed E-state index contributed by atoms with van der Waals surface area (Å²) in [6.45, 7) is 0.528. The predicted octanol–water partition coefficient (Wildman–Crippen LogP) is 0.734. The molecular formula is C9H11NO3. The molecule has 0 radical (unpaired) electrons. The van der Waals surface area contributed by atoms with E-state index in [4.69, 9.17) is 5.73 Å². The molecule has 13 heavy (non-hydrogen) atoms. The molecular weight excluding hydrogens is 170 g/mol. The van der Waals surface area contributed by atoms with Gasteiger partial charge in [-0.25, -0.2) is 4.79 Å². The van der Waals surface area contributed by atoms with Crippen LogP contribution in [0, 0.1) is 0 Å². The van der Waals surface area contributed by atoms with E-state index >= 15 is 0 Å². The van der Waals surface area contributed by atoms with Gasteiger partial charge in [-0.05, 0) is 12.1 Å². The molecule has 0 unspecified atom stereocenters. The zero-order valence-corrected chi connectivity index (χ0v) is 7.10. The lowest BCUT2D eigenvalue weighted by molar-refractivity contribution is -0.238. The van der Waals surface area contributed by atoms with Crippen LogP contribution in [0.1, 0.15) is 10.4 Å². The highest BCUT2D eigenvalue weighted by atomic mass is 17.2. The number of nitrogens with two attached hydrogens (primary N) is 1. The Hall–Kier alpha value is -1.39. The first kappa shape index (κ1) is 9.70. The van der Waals surface area contributed by atoms with Gasteiger partial charge >= 0.3 is 5.97 Å². The van der Waals surface area contributed by atoms with Crippen LogP contribution >= 0.6 is 0 Å². The topological polar surface area (TPSA) is 61.6 Å². The fraction of sp³-hybridized carbons (Fsp3) is 0.222. The van der Waals surface area contributed by atoms with Crippen molar-refractivity contribution < 1.29 is 14.6 Å². The Morgan fingerprint density at radius 1 is 1.31 bits per heavy atom. The van der Waals surface area contributed by atoms with E-state index < -0.39 is 5.97 Å². The van der Waals surface area contributed by atoms with Gasteiger partial charge in [-0.1, -0.05) is 18.2 Å². The van der Waals surface area contributed by atoms with E-state index in [1.165, 1.54) is 0 Å². The maximum atomic E-state index is 11.1. The normalized spacial score (nSPS) is 9.62. The maximum absolute atomic E-state index is 11.1. The second-order valence-corrected chi connectivity index (χ2v) is 2.35. The standard InChI is InChI=1S/C9H11NO3/c10-6-7-12-13-9(11)8-4-2-1-3-5-8/h1-5H,6-7,10H2. The van der Waals surface area contributed by atoms with Crippen LogP contribution in [0.5, 0.6) is 0 Å². The highest BCUT2D eigenvalue weighted by molar-refractivity contribution is 5.88. The fourth-order valence-corrected chi connectivity index (χ4v) is 0.766. The summed E-state index contributed by atoms with van der Waals surface area (Å²) < 4.78 is 0. The summed E-state index contributed by atoms with van der Waals surface area (Å²) in [6, 6.07) is 8.61. The van der Waals surface area contributed by atoms with Gasteiger partial charge in [-0.3, -0.25) is 4.89 Å². The highest BCUT2D eigenvalue weighted by Crippen LogP contribution is 2.00. The number of hydrogen-bond acceptors (Lipinski definition) is 4. The van der Waals surface area contributed by atoms with Crippen LogP contribution in [-0.4, -0.2) is 19.1 Å². The average molecular weight is 181 g/mol. The largest absolute Gasteiger partial charge is 0.373 e. The van der Waals surface area contributed by atoms with Gasteiger partial charge in [0, 0.05) is 6.54 Å². The van der Waals surface area contributed by atoms with Gasteiger partial charge in [0.1, 0.15) is 6.61 Å². The first-order chi connectivity index (χ1) is 6.34. The van der Waals surface area contributed by atoms with E-state index in [1.807, 2.05) is 6.07 Å². The van der Waals surface area contributed by atoms with Crippen molar-refractivity contribution in [2.24, 2.45) is 5.73 Å². The van der Waals surface area contributed by atoms with Gasteiger partial charge in [0.2, 0.25) is 0 Å². The van der Waals surface area contributed by atoms with Crippen molar-refractivity contribution in [1.29, 1.82) is 0 Å². The smallest absolute Gasteiger partial charge is 0.328 e. The summed E-state index contributed by atoms with van der Waals surface area (Å²) in [5, 5.41) is 0. The third kappa shape index (κ3) is 3.23. The van der Waals surface area contributed by atoms with Crippen molar-refractivity contribution in [3.63, 3.8) is 0 Å². The molecule has 70 valence electrons. The lowest BCUT2D eigenvalue weighted by Gasteiger charge is -2.01. The second-order valence-electron chi connectivity index (χ2n) is 2.35. The van der Waals surface area contributed by atoms with E-state index in [0.717, 1.165) is 0 Å². The first-order valence-electron chi connectivity index (χ1n) is 3.93. The molecule has 0 saturated heterocycles. The minimum absolute atomic E-state index is 0.207. The quantitative estimate of drug-likeness (QED) is 0.422. The predicted molar refractivity (Wildman–Crippen MR) is 46.9 cm³/mol. The molecule has 0 saturated carbocycles. The van der Waals surface area contributed by atoms with Crippen LogP contribution in [0.4, 0.5) is 0 Å². The van der Waals surface area contributed by atoms with Crippen LogP contribution in [0.15, 0.2) is 30.3 Å². The van der Waals surface area contributed by atoms with Gasteiger partial charge in [-0.2, -0.15) is 4.89 Å². The van der Waals surface area contributed by atoms with Crippen molar-refractivity contribution in [1.82, 2.24) is 0 Å². The van der Waals surface area contributed by atoms with Crippen LogP contribution in [-0.2, 0) is 9.78 Å². The van der Waals surface area contributed by atoms with Gasteiger partial charge in [0.15, 0.2) is 0 Å². The Bertz CT molecular complexity index is 261. The molecule has 1 rings (SSSR count). The summed E-state index contributed by atoms with van der Waals surface area (Å²) in [6.07, 6.45) is 0. The monoisotopic (exact) mass is 181 g/mol. The van der Waals surface area contributed by atoms with Gasteiger partial charge in [0.25, 0.3) is 0 Å². The molecule has 0 aliphatic heterocycles. The van der Waals surface area contributed by atoms with Crippen LogP contribution < -0.4 is 5.73 Å². The second kappa shape index (κ2) is 5.29. The SMILES string of the molecule is NCCOOC(=O)c1ccccc1. The molecule has 0 fully saturated rings. The zero-order valence-electron chi connectivity index (χ0n) is 7.10. The molecule has 4 nitrogen and oxygen atoms in total. The first-order valence-corrected chi connectivity index (χ1v) is 3.93. The average Bonchev–Trinajstić information content (AvgIpc) is 2.19. The molecule has 2 N–H and O–H groups in total. The van der Waals surface area contributed by atoms with Crippen molar-refractivity contribution in [3.8, 4) is 0 Å². The Morgan fingerprint density at radius 3 is 2.62 bits per heavy atom. The number of rotatable bonds is 4. The summed E-state index contributed by atoms with van der Waals surface area (Å²) in [5.41, 5.74) is 5.60. The van der Waals surface area contributed by atoms with Gasteiger partial charge < -0.3 is 5.73 Å². The molecule has 0 heterocycles. The van der Waals surface area contributed by atoms with Gasteiger partial charge in [0.05, 0.1) is 5.56 Å².